The van der Waals surface area contributed by atoms with E-state index in [9.17, 15) is 0 Å². The second-order valence-electron chi connectivity index (χ2n) is 8.50. The Kier molecular flexibility index (Phi) is 4.69. The Labute approximate surface area is 170 Å². The molecule has 0 spiro atoms. The SMILES string of the molecule is Cc1ccc2cc1C1=C3N=C(C=CC3C=C1)CCCN1C[C@H](C)NCC1CO2.[HH].[HH]. The van der Waals surface area contributed by atoms with Crippen LogP contribution in [0.3, 0.4) is 0 Å². The van der Waals surface area contributed by atoms with Crippen molar-refractivity contribution in [1.29, 1.82) is 0 Å². The summed E-state index contributed by atoms with van der Waals surface area (Å²) >= 11 is 0. The summed E-state index contributed by atoms with van der Waals surface area (Å²) in [6.45, 7) is 8.34. The number of rotatable bonds is 0. The third-order valence-corrected chi connectivity index (χ3v) is 6.37. The van der Waals surface area contributed by atoms with E-state index in [4.69, 9.17) is 9.73 Å². The van der Waals surface area contributed by atoms with Crippen molar-refractivity contribution in [2.24, 2.45) is 10.9 Å². The third-order valence-electron chi connectivity index (χ3n) is 6.37. The van der Waals surface area contributed by atoms with Crippen LogP contribution in [0.1, 0.15) is 33.7 Å². The van der Waals surface area contributed by atoms with Crippen LogP contribution in [0.25, 0.3) is 5.57 Å². The molecular formula is C24H33N3O. The lowest BCUT2D eigenvalue weighted by Gasteiger charge is -2.39. The molecule has 5 rings (SSSR count). The molecule has 0 saturated carbocycles. The highest BCUT2D eigenvalue weighted by atomic mass is 16.5. The largest absolute Gasteiger partial charge is 0.492 e. The number of aliphatic imine (C=N–C) groups is 1. The van der Waals surface area contributed by atoms with Gasteiger partial charge in [-0.2, -0.15) is 0 Å². The van der Waals surface area contributed by atoms with E-state index < -0.39 is 0 Å². The van der Waals surface area contributed by atoms with Gasteiger partial charge in [0.15, 0.2) is 0 Å². The maximum absolute atomic E-state index is 6.28. The number of allylic oxidation sites excluding steroid dienone is 4. The Bertz CT molecular complexity index is 906. The van der Waals surface area contributed by atoms with Gasteiger partial charge >= 0.3 is 0 Å². The second-order valence-corrected chi connectivity index (χ2v) is 8.50. The summed E-state index contributed by atoms with van der Waals surface area (Å²) in [4.78, 5) is 7.68. The first kappa shape index (κ1) is 17.9. The Balaban J connectivity index is 0.00000128. The van der Waals surface area contributed by atoms with Crippen molar-refractivity contribution in [3.63, 3.8) is 0 Å². The standard InChI is InChI=1S/C24H29N3O.2H2/c1-16-5-9-21-12-23(16)22-10-7-18-6-8-19(26-24(18)22)4-3-11-27-14-17(2)25-13-20(27)15-28-21;;/h5-10,12,17-18,20,25H,3-4,11,13-15H2,1-2H3;2*1H/t17-,18?,20?;;/m0../s1. The van der Waals surface area contributed by atoms with Crippen molar-refractivity contribution >= 4 is 11.3 Å². The first-order valence-corrected chi connectivity index (χ1v) is 10.6. The van der Waals surface area contributed by atoms with Crippen LogP contribution in [-0.2, 0) is 0 Å². The van der Waals surface area contributed by atoms with Crippen LogP contribution in [0.15, 0.2) is 53.2 Å². The van der Waals surface area contributed by atoms with Gasteiger partial charge < -0.3 is 10.1 Å². The number of fused-ring (bicyclic) bond motifs is 4. The first-order chi connectivity index (χ1) is 13.7. The predicted octanol–water partition coefficient (Wildman–Crippen LogP) is 4.23. The number of nitrogens with zero attached hydrogens (tertiary/aromatic N) is 2. The number of piperazine rings is 1. The van der Waals surface area contributed by atoms with Gasteiger partial charge in [-0.05, 0) is 62.6 Å². The molecule has 1 N–H and O–H groups in total. The summed E-state index contributed by atoms with van der Waals surface area (Å²) in [6.07, 6.45) is 11.2. The molecule has 3 aliphatic heterocycles. The van der Waals surface area contributed by atoms with Gasteiger partial charge in [0.25, 0.3) is 0 Å². The number of hydrogen-bond donors (Lipinski definition) is 1. The monoisotopic (exact) mass is 379 g/mol. The molecule has 4 heteroatoms. The van der Waals surface area contributed by atoms with Gasteiger partial charge in [0.2, 0.25) is 0 Å². The zero-order chi connectivity index (χ0) is 19.1. The molecule has 2 unspecified atom stereocenters. The molecule has 0 radical (unpaired) electrons. The molecule has 4 aliphatic rings. The Morgan fingerprint density at radius 1 is 1.25 bits per heavy atom. The van der Waals surface area contributed by atoms with E-state index in [-0.39, 0.29) is 2.85 Å². The Morgan fingerprint density at radius 3 is 3.07 bits per heavy atom. The van der Waals surface area contributed by atoms with Crippen molar-refractivity contribution in [3.05, 3.63) is 59.3 Å². The van der Waals surface area contributed by atoms with Gasteiger partial charge in [-0.15, -0.1) is 0 Å². The van der Waals surface area contributed by atoms with Crippen LogP contribution in [0, 0.1) is 12.8 Å². The number of dihydropyridines is 1. The minimum absolute atomic E-state index is 0. The summed E-state index contributed by atoms with van der Waals surface area (Å²) in [5, 5.41) is 3.61. The van der Waals surface area contributed by atoms with Crippen LogP contribution < -0.4 is 10.1 Å². The predicted molar refractivity (Wildman–Crippen MR) is 119 cm³/mol. The molecular weight excluding hydrogens is 346 g/mol. The average molecular weight is 380 g/mol. The Hall–Kier alpha value is -2.17. The minimum atomic E-state index is 0. The summed E-state index contributed by atoms with van der Waals surface area (Å²) in [5.41, 5.74) is 6.18. The normalized spacial score (nSPS) is 29.8. The van der Waals surface area contributed by atoms with Gasteiger partial charge in [-0.1, -0.05) is 24.3 Å². The summed E-state index contributed by atoms with van der Waals surface area (Å²) in [5.74, 6) is 1.27. The highest BCUT2D eigenvalue weighted by Crippen LogP contribution is 2.38. The lowest BCUT2D eigenvalue weighted by molar-refractivity contribution is 0.0922. The number of nitrogens with one attached hydrogen (secondary N) is 1. The van der Waals surface area contributed by atoms with Gasteiger partial charge in [0, 0.05) is 39.2 Å². The molecule has 1 aliphatic carbocycles. The molecule has 3 heterocycles. The maximum Gasteiger partial charge on any atom is 0.120 e. The van der Waals surface area contributed by atoms with Crippen LogP contribution in [0.2, 0.25) is 0 Å². The highest BCUT2D eigenvalue weighted by molar-refractivity contribution is 5.99. The number of aryl methyl sites for hydroxylation is 1. The van der Waals surface area contributed by atoms with Gasteiger partial charge in [0.1, 0.15) is 12.4 Å². The molecule has 1 fully saturated rings. The molecule has 4 nitrogen and oxygen atoms in total. The molecule has 1 aromatic rings. The fourth-order valence-electron chi connectivity index (χ4n) is 4.73. The average Bonchev–Trinajstić information content (AvgIpc) is 3.11. The zero-order valence-electron chi connectivity index (χ0n) is 16.8. The highest BCUT2D eigenvalue weighted by Gasteiger charge is 2.27. The molecule has 150 valence electrons. The fourth-order valence-corrected chi connectivity index (χ4v) is 4.73. The topological polar surface area (TPSA) is 36.9 Å². The lowest BCUT2D eigenvalue weighted by Crippen LogP contribution is -2.57. The van der Waals surface area contributed by atoms with Crippen molar-refractivity contribution in [2.45, 2.75) is 38.8 Å². The Morgan fingerprint density at radius 2 is 2.14 bits per heavy atom. The van der Waals surface area contributed by atoms with Crippen molar-refractivity contribution in [3.8, 4) is 5.75 Å². The molecule has 28 heavy (non-hydrogen) atoms. The molecule has 4 bridgehead atoms. The van der Waals surface area contributed by atoms with E-state index in [1.807, 2.05) is 0 Å². The van der Waals surface area contributed by atoms with E-state index in [1.165, 1.54) is 28.1 Å². The van der Waals surface area contributed by atoms with E-state index in [1.54, 1.807) is 0 Å². The van der Waals surface area contributed by atoms with Crippen LogP contribution in [-0.4, -0.2) is 48.9 Å². The molecule has 0 amide bonds. The van der Waals surface area contributed by atoms with E-state index in [0.29, 0.717) is 18.0 Å². The third kappa shape index (κ3) is 3.36. The van der Waals surface area contributed by atoms with Gasteiger partial charge in [-0.3, -0.25) is 9.89 Å². The zero-order valence-corrected chi connectivity index (χ0v) is 16.8. The van der Waals surface area contributed by atoms with Gasteiger partial charge in [0.05, 0.1) is 11.7 Å². The number of ether oxygens (including phenoxy) is 1. The van der Waals surface area contributed by atoms with Crippen molar-refractivity contribution in [2.75, 3.05) is 26.2 Å². The lowest BCUT2D eigenvalue weighted by atomic mass is 9.96. The first-order valence-electron chi connectivity index (χ1n) is 10.6. The van der Waals surface area contributed by atoms with Crippen LogP contribution in [0.4, 0.5) is 0 Å². The number of benzene rings is 1. The fraction of sp³-hybridized carbons (Fsp3) is 0.458. The summed E-state index contributed by atoms with van der Waals surface area (Å²) in [7, 11) is 0. The van der Waals surface area contributed by atoms with E-state index >= 15 is 0 Å². The summed E-state index contributed by atoms with van der Waals surface area (Å²) < 4.78 is 6.28. The molecule has 3 atom stereocenters. The maximum atomic E-state index is 6.28. The van der Waals surface area contributed by atoms with Crippen LogP contribution >= 0.6 is 0 Å². The second kappa shape index (κ2) is 7.34. The molecule has 0 aromatic heterocycles. The molecule has 1 aromatic carbocycles. The quantitative estimate of drug-likeness (QED) is 0.733. The van der Waals surface area contributed by atoms with Crippen molar-refractivity contribution in [1.82, 2.24) is 10.2 Å². The summed E-state index contributed by atoms with van der Waals surface area (Å²) in [6, 6.07) is 7.43. The smallest absolute Gasteiger partial charge is 0.120 e. The van der Waals surface area contributed by atoms with Crippen LogP contribution in [0.5, 0.6) is 5.75 Å². The minimum Gasteiger partial charge on any atom is -0.492 e. The van der Waals surface area contributed by atoms with Gasteiger partial charge in [-0.25, -0.2) is 0 Å². The number of hydrogen-bond acceptors (Lipinski definition) is 4. The van der Waals surface area contributed by atoms with E-state index in [0.717, 1.165) is 44.8 Å². The van der Waals surface area contributed by atoms with E-state index in [2.05, 4.69) is 66.6 Å². The van der Waals surface area contributed by atoms with Crippen molar-refractivity contribution < 1.29 is 7.59 Å². The molecule has 1 saturated heterocycles.